The summed E-state index contributed by atoms with van der Waals surface area (Å²) < 4.78 is 0. The van der Waals surface area contributed by atoms with Gasteiger partial charge in [-0.3, -0.25) is 0 Å². The fourth-order valence-electron chi connectivity index (χ4n) is 0.0488. The molecule has 5 heavy (non-hydrogen) atoms. The number of rotatable bonds is 2. The Morgan fingerprint density at radius 1 is 2.00 bits per heavy atom. The Bertz CT molecular complexity index is 17.1. The smallest absolute Gasteiger partial charge is 0.00218 e. The predicted molar refractivity (Wildman–Crippen MR) is 34.0 cm³/mol. The minimum atomic E-state index is 1.23. The summed E-state index contributed by atoms with van der Waals surface area (Å²) in [6.45, 7) is 2.15. The van der Waals surface area contributed by atoms with E-state index in [9.17, 15) is 0 Å². The molecule has 31 valence electrons. The van der Waals surface area contributed by atoms with Gasteiger partial charge in [0.2, 0.25) is 0 Å². The van der Waals surface area contributed by atoms with Crippen molar-refractivity contribution in [1.29, 1.82) is 0 Å². The lowest BCUT2D eigenvalue weighted by Crippen LogP contribution is -1.43. The van der Waals surface area contributed by atoms with Crippen LogP contribution in [0.2, 0.25) is 0 Å². The van der Waals surface area contributed by atoms with E-state index in [0.29, 0.717) is 0 Å². The van der Waals surface area contributed by atoms with Crippen LogP contribution in [0.4, 0.5) is 0 Å². The van der Waals surface area contributed by atoms with Crippen molar-refractivity contribution >= 4 is 32.4 Å². The SMILES string of the molecule is CC[P]SBr. The van der Waals surface area contributed by atoms with Gasteiger partial charge in [0.15, 0.2) is 0 Å². The molecule has 0 saturated heterocycles. The third kappa shape index (κ3) is 5.26. The predicted octanol–water partition coefficient (Wildman–Crippen LogP) is 2.91. The van der Waals surface area contributed by atoms with Crippen molar-refractivity contribution in [3.05, 3.63) is 0 Å². The van der Waals surface area contributed by atoms with Crippen LogP contribution in [0, 0.1) is 0 Å². The van der Waals surface area contributed by atoms with Gasteiger partial charge in [0.05, 0.1) is 0 Å². The standard InChI is InChI=1S/C2H5BrPS/c1-2-4-5-3/h2H2,1H3. The molecule has 0 amide bonds. The fourth-order valence-corrected chi connectivity index (χ4v) is 2.28. The second-order valence-corrected chi connectivity index (χ2v) is 5.34. The first-order valence-corrected chi connectivity index (χ1v) is 5.70. The van der Waals surface area contributed by atoms with Crippen LogP contribution in [0.25, 0.3) is 0 Å². The Balaban J connectivity index is 2.19. The molecule has 0 rings (SSSR count). The van der Waals surface area contributed by atoms with Crippen LogP contribution in [-0.2, 0) is 0 Å². The zero-order chi connectivity index (χ0) is 4.12. The average Bonchev–Trinajstić information content (AvgIpc) is 1.41. The molecular formula is C2H5BrPS. The maximum absolute atomic E-state index is 3.21. The van der Waals surface area contributed by atoms with Gasteiger partial charge in [-0.05, 0) is 21.0 Å². The van der Waals surface area contributed by atoms with Gasteiger partial charge in [0, 0.05) is 7.78 Å². The zero-order valence-corrected chi connectivity index (χ0v) is 6.24. The summed E-state index contributed by atoms with van der Waals surface area (Å²) in [5.41, 5.74) is 0. The number of hydrogen-bond donors (Lipinski definition) is 0. The molecule has 0 aliphatic rings. The van der Waals surface area contributed by atoms with Crippen molar-refractivity contribution in [3.63, 3.8) is 0 Å². The first-order valence-electron chi connectivity index (χ1n) is 1.36. The van der Waals surface area contributed by atoms with Crippen LogP contribution >= 0.6 is 32.4 Å². The van der Waals surface area contributed by atoms with Crippen LogP contribution in [0.3, 0.4) is 0 Å². The van der Waals surface area contributed by atoms with Crippen LogP contribution in [0.15, 0.2) is 0 Å². The summed E-state index contributed by atoms with van der Waals surface area (Å²) in [4.78, 5) is 0. The summed E-state index contributed by atoms with van der Waals surface area (Å²) in [6.07, 6.45) is 1.23. The molecule has 0 aromatic carbocycles. The summed E-state index contributed by atoms with van der Waals surface area (Å²) >= 11 is 3.21. The molecule has 0 N–H and O–H groups in total. The van der Waals surface area contributed by atoms with Gasteiger partial charge in [-0.2, -0.15) is 0 Å². The second-order valence-electron chi connectivity index (χ2n) is 0.514. The Hall–Kier alpha value is 1.26. The molecule has 0 atom stereocenters. The Labute approximate surface area is 45.8 Å². The van der Waals surface area contributed by atoms with Gasteiger partial charge in [-0.25, -0.2) is 0 Å². The Morgan fingerprint density at radius 3 is 2.60 bits per heavy atom. The van der Waals surface area contributed by atoms with Gasteiger partial charge < -0.3 is 0 Å². The van der Waals surface area contributed by atoms with Gasteiger partial charge in [0.25, 0.3) is 0 Å². The van der Waals surface area contributed by atoms with Crippen molar-refractivity contribution in [2.24, 2.45) is 0 Å². The summed E-state index contributed by atoms with van der Waals surface area (Å²) in [5, 5.41) is 0. The third-order valence-corrected chi connectivity index (χ3v) is 3.44. The molecule has 0 heterocycles. The normalized spacial score (nSPS) is 10.8. The van der Waals surface area contributed by atoms with Crippen LogP contribution in [0.5, 0.6) is 0 Å². The highest BCUT2D eigenvalue weighted by atomic mass is 79.9. The molecule has 0 unspecified atom stereocenters. The topological polar surface area (TPSA) is 0 Å². The van der Waals surface area contributed by atoms with Crippen molar-refractivity contribution in [2.45, 2.75) is 6.92 Å². The van der Waals surface area contributed by atoms with Crippen LogP contribution in [-0.4, -0.2) is 6.16 Å². The van der Waals surface area contributed by atoms with E-state index in [1.807, 2.05) is 0 Å². The lowest BCUT2D eigenvalue weighted by Gasteiger charge is -1.75. The molecule has 0 saturated carbocycles. The highest BCUT2D eigenvalue weighted by Crippen LogP contribution is 2.33. The highest BCUT2D eigenvalue weighted by Gasteiger charge is 1.71. The van der Waals surface area contributed by atoms with E-state index in [0.717, 1.165) is 0 Å². The molecule has 0 fully saturated rings. The number of hydrogen-bond acceptors (Lipinski definition) is 1. The average molecular weight is 172 g/mol. The largest absolute Gasteiger partial charge is 0.0603 e. The molecule has 3 heteroatoms. The quantitative estimate of drug-likeness (QED) is 0.577. The van der Waals surface area contributed by atoms with Crippen LogP contribution < -0.4 is 0 Å². The lowest BCUT2D eigenvalue weighted by atomic mass is 11.0. The Kier molecular flexibility index (Phi) is 6.59. The van der Waals surface area contributed by atoms with Crippen molar-refractivity contribution in [2.75, 3.05) is 6.16 Å². The molecule has 0 aromatic rings. The molecule has 0 nitrogen and oxygen atoms in total. The molecule has 0 aliphatic carbocycles. The molecule has 0 spiro atoms. The molecular weight excluding hydrogens is 167 g/mol. The van der Waals surface area contributed by atoms with Gasteiger partial charge in [0.1, 0.15) is 0 Å². The first kappa shape index (κ1) is 6.26. The van der Waals surface area contributed by atoms with Crippen molar-refractivity contribution in [1.82, 2.24) is 0 Å². The Morgan fingerprint density at radius 2 is 2.60 bits per heavy atom. The second kappa shape index (κ2) is 5.26. The van der Waals surface area contributed by atoms with E-state index in [1.165, 1.54) is 13.9 Å². The summed E-state index contributed by atoms with van der Waals surface area (Å²) in [6, 6.07) is 0. The van der Waals surface area contributed by atoms with Gasteiger partial charge in [-0.15, -0.1) is 0 Å². The first-order chi connectivity index (χ1) is 2.41. The van der Waals surface area contributed by atoms with E-state index in [1.54, 1.807) is 9.82 Å². The van der Waals surface area contributed by atoms with Crippen LogP contribution in [0.1, 0.15) is 6.92 Å². The van der Waals surface area contributed by atoms with E-state index < -0.39 is 0 Å². The van der Waals surface area contributed by atoms with Crippen molar-refractivity contribution in [3.8, 4) is 0 Å². The number of halogens is 1. The molecule has 0 aliphatic heterocycles. The maximum atomic E-state index is 3.21. The van der Waals surface area contributed by atoms with Gasteiger partial charge in [-0.1, -0.05) is 16.7 Å². The van der Waals surface area contributed by atoms with Crippen molar-refractivity contribution < 1.29 is 0 Å². The monoisotopic (exact) mass is 171 g/mol. The zero-order valence-electron chi connectivity index (χ0n) is 2.94. The fraction of sp³-hybridized carbons (Fsp3) is 1.00. The maximum Gasteiger partial charge on any atom is 0.00218 e. The van der Waals surface area contributed by atoms with E-state index in [2.05, 4.69) is 21.7 Å². The van der Waals surface area contributed by atoms with E-state index in [-0.39, 0.29) is 0 Å². The van der Waals surface area contributed by atoms with E-state index in [4.69, 9.17) is 0 Å². The summed E-state index contributed by atoms with van der Waals surface area (Å²) in [5.74, 6) is 0. The third-order valence-electron chi connectivity index (χ3n) is 0.178. The molecule has 0 bridgehead atoms. The minimum Gasteiger partial charge on any atom is -0.0603 e. The summed E-state index contributed by atoms with van der Waals surface area (Å²) in [7, 11) is 3.10. The lowest BCUT2D eigenvalue weighted by molar-refractivity contribution is 1.53. The highest BCUT2D eigenvalue weighted by molar-refractivity contribution is 9.56. The molecule has 1 radical (unpaired) electrons. The minimum absolute atomic E-state index is 1.23. The van der Waals surface area contributed by atoms with Gasteiger partial charge >= 0.3 is 0 Å². The van der Waals surface area contributed by atoms with E-state index >= 15 is 0 Å². The molecule has 0 aromatic heterocycles.